The molecule has 0 amide bonds. The van der Waals surface area contributed by atoms with E-state index < -0.39 is 11.2 Å². The molecule has 3 saturated carbocycles. The Kier molecular flexibility index (Phi) is 13.5. The molecule has 4 aliphatic carbocycles. The second-order valence-electron chi connectivity index (χ2n) is 15.6. The fourth-order valence-electron chi connectivity index (χ4n) is 9.68. The summed E-state index contributed by atoms with van der Waals surface area (Å²) in [6.45, 7) is 14.9. The van der Waals surface area contributed by atoms with Crippen LogP contribution in [-0.4, -0.2) is 68.6 Å². The summed E-state index contributed by atoms with van der Waals surface area (Å²) < 4.78 is 10.3. The minimum atomic E-state index is -0.829. The molecule has 0 saturated heterocycles. The summed E-state index contributed by atoms with van der Waals surface area (Å²) in [5.41, 5.74) is 2.22. The molecule has 0 spiro atoms. The summed E-state index contributed by atoms with van der Waals surface area (Å²) in [5, 5.41) is 23.6. The van der Waals surface area contributed by atoms with Gasteiger partial charge in [0.25, 0.3) is 0 Å². The highest BCUT2D eigenvalue weighted by Crippen LogP contribution is 2.67. The Bertz CT molecular complexity index is 1150. The highest BCUT2D eigenvalue weighted by molar-refractivity contribution is 8.00. The van der Waals surface area contributed by atoms with Gasteiger partial charge in [-0.1, -0.05) is 64.3 Å². The Balaban J connectivity index is 1.50. The Morgan fingerprint density at radius 2 is 1.45 bits per heavy atom. The molecule has 0 heterocycles. The minimum absolute atomic E-state index is 0.105. The van der Waals surface area contributed by atoms with Gasteiger partial charge in [-0.2, -0.15) is 23.5 Å². The maximum absolute atomic E-state index is 11.4. The highest BCUT2D eigenvalue weighted by atomic mass is 32.2. The van der Waals surface area contributed by atoms with Crippen molar-refractivity contribution in [1.29, 1.82) is 0 Å². The molecule has 47 heavy (non-hydrogen) atoms. The fourth-order valence-corrected chi connectivity index (χ4v) is 13.1. The molecule has 6 nitrogen and oxygen atoms in total. The fraction of sp³-hybridized carbons (Fsp3) is 0.846. The highest BCUT2D eigenvalue weighted by Gasteiger charge is 2.58. The van der Waals surface area contributed by atoms with Crippen molar-refractivity contribution in [2.75, 3.05) is 24.7 Å². The van der Waals surface area contributed by atoms with Crippen molar-refractivity contribution in [3.8, 4) is 0 Å². The zero-order valence-corrected chi connectivity index (χ0v) is 32.0. The SMILES string of the molecule is CC[C@H]1CC[C@H]2C3=CC=C4CC(SCCC(O)(CC)CCOC(C)=O)CC(SCCC(O)(CC)CCOC(C)=O)[C@]4(C)[C@H]3CC[C@]12C. The molecular formula is C39H64O6S2. The lowest BCUT2D eigenvalue weighted by atomic mass is 9.50. The first-order valence-electron chi connectivity index (χ1n) is 18.6. The van der Waals surface area contributed by atoms with Gasteiger partial charge in [-0.3, -0.25) is 9.59 Å². The number of aliphatic hydroxyl groups is 2. The molecule has 0 aliphatic heterocycles. The Labute approximate surface area is 294 Å². The predicted octanol–water partition coefficient (Wildman–Crippen LogP) is 8.68. The van der Waals surface area contributed by atoms with Crippen molar-refractivity contribution in [1.82, 2.24) is 0 Å². The first-order chi connectivity index (χ1) is 22.2. The van der Waals surface area contributed by atoms with Gasteiger partial charge in [-0.05, 0) is 98.9 Å². The van der Waals surface area contributed by atoms with Crippen LogP contribution in [0, 0.1) is 28.6 Å². The monoisotopic (exact) mass is 692 g/mol. The summed E-state index contributed by atoms with van der Waals surface area (Å²) in [7, 11) is 0. The van der Waals surface area contributed by atoms with E-state index in [0.717, 1.165) is 30.3 Å². The van der Waals surface area contributed by atoms with Crippen LogP contribution in [0.3, 0.4) is 0 Å². The van der Waals surface area contributed by atoms with E-state index in [1.807, 2.05) is 25.6 Å². The Morgan fingerprint density at radius 3 is 2.00 bits per heavy atom. The molecule has 268 valence electrons. The molecule has 2 N–H and O–H groups in total. The van der Waals surface area contributed by atoms with E-state index in [-0.39, 0.29) is 30.6 Å². The standard InChI is InChI=1S/C39H64O6S2/c1-8-29-12-14-33-32-13-11-30-25-31(46-23-19-38(42,9-2)17-21-44-27(4)40)26-35(37(30,7)34(32)15-16-36(29,33)6)47-24-20-39(43,10-3)18-22-45-28(5)41/h11,13,29,31,33-35,42-43H,8-10,12,14-26H2,1-7H3/t29-,31?,33-,34-,35?,36+,37-,38?,39?/m0/s1. The van der Waals surface area contributed by atoms with E-state index in [2.05, 4.69) is 44.7 Å². The lowest BCUT2D eigenvalue weighted by molar-refractivity contribution is -0.143. The summed E-state index contributed by atoms with van der Waals surface area (Å²) >= 11 is 4.06. The second kappa shape index (κ2) is 16.4. The van der Waals surface area contributed by atoms with E-state index in [0.29, 0.717) is 66.3 Å². The lowest BCUT2D eigenvalue weighted by Gasteiger charge is -2.57. The van der Waals surface area contributed by atoms with Gasteiger partial charge in [0, 0.05) is 42.6 Å². The summed E-state index contributed by atoms with van der Waals surface area (Å²) in [4.78, 5) is 22.6. The average molecular weight is 693 g/mol. The molecule has 8 heteroatoms. The third-order valence-corrected chi connectivity index (χ3v) is 16.0. The molecule has 0 radical (unpaired) electrons. The maximum Gasteiger partial charge on any atom is 0.302 e. The van der Waals surface area contributed by atoms with Crippen molar-refractivity contribution in [2.24, 2.45) is 28.6 Å². The molecular weight excluding hydrogens is 629 g/mol. The van der Waals surface area contributed by atoms with Crippen molar-refractivity contribution in [3.05, 3.63) is 23.3 Å². The molecule has 4 unspecified atom stereocenters. The lowest BCUT2D eigenvalue weighted by Crippen LogP contribution is -2.51. The number of hydrogen-bond donors (Lipinski definition) is 2. The molecule has 4 aliphatic rings. The van der Waals surface area contributed by atoms with Crippen LogP contribution in [0.15, 0.2) is 23.3 Å². The molecule has 9 atom stereocenters. The molecule has 0 aromatic carbocycles. The van der Waals surface area contributed by atoms with Crippen LogP contribution in [0.2, 0.25) is 0 Å². The van der Waals surface area contributed by atoms with Crippen LogP contribution in [0.25, 0.3) is 0 Å². The topological polar surface area (TPSA) is 93.1 Å². The Morgan fingerprint density at radius 1 is 0.851 bits per heavy atom. The van der Waals surface area contributed by atoms with E-state index in [1.165, 1.54) is 46.0 Å². The van der Waals surface area contributed by atoms with E-state index in [4.69, 9.17) is 9.47 Å². The van der Waals surface area contributed by atoms with Gasteiger partial charge in [0.2, 0.25) is 0 Å². The van der Waals surface area contributed by atoms with E-state index in [1.54, 1.807) is 11.1 Å². The van der Waals surface area contributed by atoms with Crippen LogP contribution in [-0.2, 0) is 19.1 Å². The quantitative estimate of drug-likeness (QED) is 0.146. The third-order valence-electron chi connectivity index (χ3n) is 13.2. The zero-order valence-electron chi connectivity index (χ0n) is 30.4. The zero-order chi connectivity index (χ0) is 34.5. The molecule has 0 aromatic heterocycles. The first-order valence-corrected chi connectivity index (χ1v) is 20.7. The van der Waals surface area contributed by atoms with Crippen LogP contribution in [0.1, 0.15) is 132 Å². The van der Waals surface area contributed by atoms with Crippen molar-refractivity contribution < 1.29 is 29.3 Å². The van der Waals surface area contributed by atoms with Gasteiger partial charge < -0.3 is 19.7 Å². The third kappa shape index (κ3) is 8.86. The van der Waals surface area contributed by atoms with Crippen LogP contribution in [0.5, 0.6) is 0 Å². The van der Waals surface area contributed by atoms with Crippen LogP contribution < -0.4 is 0 Å². The molecule has 3 fully saturated rings. The predicted molar refractivity (Wildman–Crippen MR) is 196 cm³/mol. The van der Waals surface area contributed by atoms with Crippen LogP contribution >= 0.6 is 23.5 Å². The maximum atomic E-state index is 11.4. The van der Waals surface area contributed by atoms with E-state index in [9.17, 15) is 19.8 Å². The number of fused-ring (bicyclic) bond motifs is 5. The molecule has 0 bridgehead atoms. The number of ether oxygens (including phenoxy) is 2. The van der Waals surface area contributed by atoms with Crippen molar-refractivity contribution in [2.45, 2.75) is 154 Å². The molecule has 4 rings (SSSR count). The number of esters is 2. The van der Waals surface area contributed by atoms with Gasteiger partial charge in [0.05, 0.1) is 24.4 Å². The number of carbonyl (C=O) groups is 2. The van der Waals surface area contributed by atoms with Crippen molar-refractivity contribution in [3.63, 3.8) is 0 Å². The number of rotatable bonds is 17. The summed E-state index contributed by atoms with van der Waals surface area (Å²) in [5.74, 6) is 3.28. The summed E-state index contributed by atoms with van der Waals surface area (Å²) in [6, 6.07) is 0. The normalized spacial score (nSPS) is 34.1. The van der Waals surface area contributed by atoms with Crippen LogP contribution in [0.4, 0.5) is 0 Å². The average Bonchev–Trinajstić information content (AvgIpc) is 3.37. The van der Waals surface area contributed by atoms with Gasteiger partial charge in [-0.15, -0.1) is 0 Å². The van der Waals surface area contributed by atoms with Crippen molar-refractivity contribution >= 4 is 35.5 Å². The number of carbonyl (C=O) groups excluding carboxylic acids is 2. The Hall–Kier alpha value is -0.960. The second-order valence-corrected chi connectivity index (χ2v) is 18.3. The smallest absolute Gasteiger partial charge is 0.302 e. The van der Waals surface area contributed by atoms with E-state index >= 15 is 0 Å². The van der Waals surface area contributed by atoms with Gasteiger partial charge in [0.15, 0.2) is 0 Å². The summed E-state index contributed by atoms with van der Waals surface area (Å²) in [6.07, 6.45) is 17.5. The van der Waals surface area contributed by atoms with Gasteiger partial charge in [0.1, 0.15) is 0 Å². The first kappa shape index (κ1) is 38.8. The number of hydrogen-bond acceptors (Lipinski definition) is 8. The van der Waals surface area contributed by atoms with Gasteiger partial charge >= 0.3 is 11.9 Å². The minimum Gasteiger partial charge on any atom is -0.466 e. The molecule has 0 aromatic rings. The number of thioether (sulfide) groups is 2. The number of allylic oxidation sites excluding steroid dienone is 4. The largest absolute Gasteiger partial charge is 0.466 e. The van der Waals surface area contributed by atoms with Gasteiger partial charge in [-0.25, -0.2) is 0 Å².